The van der Waals surface area contributed by atoms with Crippen molar-refractivity contribution in [3.8, 4) is 16.3 Å². The van der Waals surface area contributed by atoms with Crippen molar-refractivity contribution in [2.75, 3.05) is 32.8 Å². The van der Waals surface area contributed by atoms with Crippen LogP contribution in [0.4, 0.5) is 0 Å². The fraction of sp³-hybridized carbons (Fsp3) is 0.269. The smallest absolute Gasteiger partial charge is 0.273 e. The minimum absolute atomic E-state index is 0.00918. The number of benzene rings is 2. The van der Waals surface area contributed by atoms with E-state index in [2.05, 4.69) is 39.1 Å². The molecule has 1 saturated heterocycles. The topological polar surface area (TPSA) is 58.6 Å². The SMILES string of the molecule is CCOc1ccc(-c2nc(C(=O)N3CCN(Cc4cccc5cccnc45)CC3)cs2)cc1. The Morgan fingerprint density at radius 3 is 2.61 bits per heavy atom. The zero-order valence-corrected chi connectivity index (χ0v) is 19.4. The van der Waals surface area contributed by atoms with Crippen molar-refractivity contribution in [3.05, 3.63) is 77.4 Å². The molecule has 0 unspecified atom stereocenters. The summed E-state index contributed by atoms with van der Waals surface area (Å²) in [6, 6.07) is 18.2. The van der Waals surface area contributed by atoms with Crippen LogP contribution in [0.3, 0.4) is 0 Å². The van der Waals surface area contributed by atoms with Gasteiger partial charge in [0.2, 0.25) is 0 Å². The summed E-state index contributed by atoms with van der Waals surface area (Å²) >= 11 is 1.50. The fourth-order valence-electron chi connectivity index (χ4n) is 4.17. The molecule has 33 heavy (non-hydrogen) atoms. The van der Waals surface area contributed by atoms with Crippen molar-refractivity contribution in [1.82, 2.24) is 19.8 Å². The van der Waals surface area contributed by atoms with Gasteiger partial charge in [-0.15, -0.1) is 11.3 Å². The summed E-state index contributed by atoms with van der Waals surface area (Å²) in [6.45, 7) is 6.53. The summed E-state index contributed by atoms with van der Waals surface area (Å²) in [5.74, 6) is 0.848. The highest BCUT2D eigenvalue weighted by Crippen LogP contribution is 2.26. The lowest BCUT2D eigenvalue weighted by Gasteiger charge is -2.34. The summed E-state index contributed by atoms with van der Waals surface area (Å²) in [5.41, 5.74) is 3.81. The van der Waals surface area contributed by atoms with Gasteiger partial charge in [-0.25, -0.2) is 4.98 Å². The lowest BCUT2D eigenvalue weighted by atomic mass is 10.1. The van der Waals surface area contributed by atoms with Crippen molar-refractivity contribution in [3.63, 3.8) is 0 Å². The number of aromatic nitrogens is 2. The number of para-hydroxylation sites is 1. The molecule has 2 aromatic carbocycles. The number of amides is 1. The third kappa shape index (κ3) is 4.74. The van der Waals surface area contributed by atoms with Crippen molar-refractivity contribution >= 4 is 28.1 Å². The van der Waals surface area contributed by atoms with Crippen LogP contribution >= 0.6 is 11.3 Å². The van der Waals surface area contributed by atoms with E-state index in [0.29, 0.717) is 25.4 Å². The highest BCUT2D eigenvalue weighted by Gasteiger charge is 2.24. The number of hydrogen-bond acceptors (Lipinski definition) is 6. The third-order valence-corrected chi connectivity index (χ3v) is 6.80. The van der Waals surface area contributed by atoms with Gasteiger partial charge in [0.15, 0.2) is 0 Å². The van der Waals surface area contributed by atoms with Crippen molar-refractivity contribution in [2.24, 2.45) is 0 Å². The second-order valence-corrected chi connectivity index (χ2v) is 8.91. The number of nitrogens with zero attached hydrogens (tertiary/aromatic N) is 4. The molecule has 6 nitrogen and oxygen atoms in total. The van der Waals surface area contributed by atoms with E-state index in [9.17, 15) is 4.79 Å². The van der Waals surface area contributed by atoms with E-state index in [-0.39, 0.29) is 5.91 Å². The standard InChI is InChI=1S/C26H26N4O2S/c1-2-32-22-10-8-20(9-11-22)25-28-23(18-33-25)26(31)30-15-13-29(14-16-30)17-21-6-3-5-19-7-4-12-27-24(19)21/h3-12,18H,2,13-17H2,1H3. The maximum absolute atomic E-state index is 13.0. The molecule has 0 aliphatic carbocycles. The molecule has 1 fully saturated rings. The Labute approximate surface area is 197 Å². The molecule has 0 saturated carbocycles. The predicted molar refractivity (Wildman–Crippen MR) is 132 cm³/mol. The molecule has 0 radical (unpaired) electrons. The maximum atomic E-state index is 13.0. The molecule has 1 aliphatic rings. The quantitative estimate of drug-likeness (QED) is 0.419. The number of piperazine rings is 1. The maximum Gasteiger partial charge on any atom is 0.273 e. The van der Waals surface area contributed by atoms with Gasteiger partial charge >= 0.3 is 0 Å². The second-order valence-electron chi connectivity index (χ2n) is 8.06. The molecule has 7 heteroatoms. The molecular weight excluding hydrogens is 432 g/mol. The Balaban J connectivity index is 1.20. The first-order valence-corrected chi connectivity index (χ1v) is 12.1. The Morgan fingerprint density at radius 1 is 1.03 bits per heavy atom. The van der Waals surface area contributed by atoms with Crippen LogP contribution in [-0.4, -0.2) is 58.5 Å². The average molecular weight is 459 g/mol. The van der Waals surface area contributed by atoms with Crippen LogP contribution < -0.4 is 4.74 Å². The largest absolute Gasteiger partial charge is 0.494 e. The summed E-state index contributed by atoms with van der Waals surface area (Å²) in [5, 5.41) is 3.88. The summed E-state index contributed by atoms with van der Waals surface area (Å²) in [6.07, 6.45) is 1.85. The lowest BCUT2D eigenvalue weighted by molar-refractivity contribution is 0.0624. The molecule has 0 atom stereocenters. The monoisotopic (exact) mass is 458 g/mol. The van der Waals surface area contributed by atoms with Gasteiger partial charge in [0.1, 0.15) is 16.5 Å². The van der Waals surface area contributed by atoms with Crippen molar-refractivity contribution in [2.45, 2.75) is 13.5 Å². The highest BCUT2D eigenvalue weighted by atomic mass is 32.1. The molecule has 4 aromatic rings. The number of carbonyl (C=O) groups excluding carboxylic acids is 1. The van der Waals surface area contributed by atoms with Crippen LogP contribution in [-0.2, 0) is 6.54 Å². The molecule has 0 N–H and O–H groups in total. The van der Waals surface area contributed by atoms with Crippen LogP contribution in [0.15, 0.2) is 66.2 Å². The van der Waals surface area contributed by atoms with Crippen molar-refractivity contribution in [1.29, 1.82) is 0 Å². The normalized spacial score (nSPS) is 14.5. The van der Waals surface area contributed by atoms with E-state index in [1.165, 1.54) is 16.9 Å². The summed E-state index contributed by atoms with van der Waals surface area (Å²) in [4.78, 5) is 26.5. The van der Waals surface area contributed by atoms with Crippen molar-refractivity contribution < 1.29 is 9.53 Å². The van der Waals surface area contributed by atoms with E-state index in [0.717, 1.165) is 46.9 Å². The highest BCUT2D eigenvalue weighted by molar-refractivity contribution is 7.13. The van der Waals surface area contributed by atoms with Gasteiger partial charge in [0.05, 0.1) is 12.1 Å². The Kier molecular flexibility index (Phi) is 6.32. The van der Waals surface area contributed by atoms with Gasteiger partial charge in [-0.2, -0.15) is 0 Å². The summed E-state index contributed by atoms with van der Waals surface area (Å²) in [7, 11) is 0. The zero-order valence-electron chi connectivity index (χ0n) is 18.6. The van der Waals surface area contributed by atoms with Crippen LogP contribution in [0.5, 0.6) is 5.75 Å². The lowest BCUT2D eigenvalue weighted by Crippen LogP contribution is -2.48. The van der Waals surface area contributed by atoms with E-state index < -0.39 is 0 Å². The number of hydrogen-bond donors (Lipinski definition) is 0. The van der Waals surface area contributed by atoms with Gasteiger partial charge in [0, 0.05) is 55.3 Å². The van der Waals surface area contributed by atoms with Gasteiger partial charge in [-0.05, 0) is 42.8 Å². The Hall–Kier alpha value is -3.29. The molecule has 5 rings (SSSR count). The van der Waals surface area contributed by atoms with E-state index in [4.69, 9.17) is 4.74 Å². The predicted octanol–water partition coefficient (Wildman–Crippen LogP) is 4.72. The van der Waals surface area contributed by atoms with Gasteiger partial charge in [-0.3, -0.25) is 14.7 Å². The first kappa shape index (κ1) is 21.6. The van der Waals surface area contributed by atoms with E-state index in [1.807, 2.05) is 53.7 Å². The fourth-order valence-corrected chi connectivity index (χ4v) is 4.97. The Morgan fingerprint density at radius 2 is 1.82 bits per heavy atom. The molecule has 2 aromatic heterocycles. The molecule has 0 spiro atoms. The van der Waals surface area contributed by atoms with Gasteiger partial charge in [0.25, 0.3) is 5.91 Å². The number of carbonyl (C=O) groups is 1. The molecule has 1 amide bonds. The van der Waals surface area contributed by atoms with Crippen LogP contribution in [0, 0.1) is 0 Å². The van der Waals surface area contributed by atoms with E-state index in [1.54, 1.807) is 0 Å². The minimum atomic E-state index is 0.00918. The second kappa shape index (κ2) is 9.68. The molecule has 3 heterocycles. The Bertz CT molecular complexity index is 1240. The number of fused-ring (bicyclic) bond motifs is 1. The van der Waals surface area contributed by atoms with Crippen LogP contribution in [0.1, 0.15) is 23.0 Å². The number of rotatable bonds is 6. The van der Waals surface area contributed by atoms with Gasteiger partial charge < -0.3 is 9.64 Å². The number of ether oxygens (including phenoxy) is 1. The van der Waals surface area contributed by atoms with Crippen LogP contribution in [0.25, 0.3) is 21.5 Å². The summed E-state index contributed by atoms with van der Waals surface area (Å²) < 4.78 is 5.50. The van der Waals surface area contributed by atoms with Crippen LogP contribution in [0.2, 0.25) is 0 Å². The molecule has 1 aliphatic heterocycles. The molecule has 0 bridgehead atoms. The first-order valence-electron chi connectivity index (χ1n) is 11.2. The van der Waals surface area contributed by atoms with E-state index >= 15 is 0 Å². The zero-order chi connectivity index (χ0) is 22.6. The minimum Gasteiger partial charge on any atom is -0.494 e. The third-order valence-electron chi connectivity index (χ3n) is 5.91. The molecule has 168 valence electrons. The number of pyridine rings is 1. The average Bonchev–Trinajstić information content (AvgIpc) is 3.35. The molecular formula is C26H26N4O2S. The first-order chi connectivity index (χ1) is 16.2. The number of thiazole rings is 1. The van der Waals surface area contributed by atoms with Gasteiger partial charge in [-0.1, -0.05) is 24.3 Å².